The van der Waals surface area contributed by atoms with Gasteiger partial charge in [-0.2, -0.15) is 8.42 Å². The smallest absolute Gasteiger partial charge is 0.289 e. The van der Waals surface area contributed by atoms with Crippen LogP contribution < -0.4 is 0 Å². The predicted molar refractivity (Wildman–Crippen MR) is 84.6 cm³/mol. The monoisotopic (exact) mass is 400 g/mol. The number of allylic oxidation sites excluding steroid dienone is 4. The Balaban J connectivity index is 2.25. The van der Waals surface area contributed by atoms with Crippen LogP contribution in [-0.4, -0.2) is 24.8 Å². The average Bonchev–Trinajstić information content (AvgIpc) is 2.49. The molecule has 0 heterocycles. The van der Waals surface area contributed by atoms with Gasteiger partial charge in [0.2, 0.25) is 0 Å². The van der Waals surface area contributed by atoms with Gasteiger partial charge in [0.15, 0.2) is 5.78 Å². The average molecular weight is 401 g/mol. The van der Waals surface area contributed by atoms with Crippen LogP contribution in [0.5, 0.6) is 0 Å². The maximum absolute atomic E-state index is 12.0. The van der Waals surface area contributed by atoms with Crippen LogP contribution in [0.2, 0.25) is 0 Å². The van der Waals surface area contributed by atoms with Gasteiger partial charge in [-0.1, -0.05) is 5.16 Å². The van der Waals surface area contributed by atoms with E-state index in [-0.39, 0.29) is 26.6 Å². The molecule has 0 atom stereocenters. The van der Waals surface area contributed by atoms with Gasteiger partial charge in [-0.3, -0.25) is 19.2 Å². The van der Waals surface area contributed by atoms with Crippen molar-refractivity contribution in [2.75, 3.05) is 0 Å². The zero-order valence-electron chi connectivity index (χ0n) is 11.6. The molecule has 2 rings (SSSR count). The van der Waals surface area contributed by atoms with Crippen molar-refractivity contribution in [2.45, 2.75) is 11.8 Å². The second-order valence-electron chi connectivity index (χ2n) is 4.44. The minimum Gasteiger partial charge on any atom is -0.289 e. The first-order valence-corrected chi connectivity index (χ1v) is 8.27. The molecule has 120 valence electrons. The van der Waals surface area contributed by atoms with Crippen molar-refractivity contribution in [2.24, 2.45) is 5.16 Å². The summed E-state index contributed by atoms with van der Waals surface area (Å²) in [5.41, 5.74) is 0.366. The highest BCUT2D eigenvalue weighted by molar-refractivity contribution is 9.12. The number of ketones is 1. The molecule has 0 fully saturated rings. The molecule has 0 unspecified atom stereocenters. The van der Waals surface area contributed by atoms with E-state index in [0.29, 0.717) is 5.57 Å². The van der Waals surface area contributed by atoms with Crippen molar-refractivity contribution in [1.29, 1.82) is 0 Å². The first-order valence-electron chi connectivity index (χ1n) is 6.07. The summed E-state index contributed by atoms with van der Waals surface area (Å²) in [4.78, 5) is 21.0. The molecule has 1 aliphatic carbocycles. The van der Waals surface area contributed by atoms with Crippen molar-refractivity contribution in [3.8, 4) is 0 Å². The van der Waals surface area contributed by atoms with Crippen LogP contribution in [0.3, 0.4) is 0 Å². The van der Waals surface area contributed by atoms with E-state index in [9.17, 15) is 23.3 Å². The molecular formula is C13H9BrN2O6S. The highest BCUT2D eigenvalue weighted by Gasteiger charge is 2.19. The van der Waals surface area contributed by atoms with Crippen LogP contribution in [0.15, 0.2) is 56.5 Å². The van der Waals surface area contributed by atoms with Gasteiger partial charge in [0, 0.05) is 12.1 Å². The van der Waals surface area contributed by atoms with E-state index in [1.165, 1.54) is 12.2 Å². The third-order valence-electron chi connectivity index (χ3n) is 2.82. The second-order valence-corrected chi connectivity index (χ2v) is 6.82. The van der Waals surface area contributed by atoms with Crippen molar-refractivity contribution in [1.82, 2.24) is 0 Å². The SMILES string of the molecule is CC1=CC(=O)C(Br)=CC1=NOS(=O)(=O)c1ccc([N+](=O)[O-])cc1. The lowest BCUT2D eigenvalue weighted by Gasteiger charge is -2.08. The molecule has 8 nitrogen and oxygen atoms in total. The molecule has 0 saturated heterocycles. The first-order chi connectivity index (χ1) is 10.7. The number of benzene rings is 1. The number of nitrogens with zero attached hydrogens (tertiary/aromatic N) is 2. The number of halogens is 1. The number of nitro benzene ring substituents is 1. The van der Waals surface area contributed by atoms with Gasteiger partial charge >= 0.3 is 10.1 Å². The molecule has 0 aromatic heterocycles. The van der Waals surface area contributed by atoms with Crippen LogP contribution in [0.4, 0.5) is 5.69 Å². The third kappa shape index (κ3) is 3.90. The van der Waals surface area contributed by atoms with E-state index < -0.39 is 15.0 Å². The maximum Gasteiger partial charge on any atom is 0.358 e. The zero-order chi connectivity index (χ0) is 17.2. The highest BCUT2D eigenvalue weighted by Crippen LogP contribution is 2.20. The number of rotatable bonds is 4. The van der Waals surface area contributed by atoms with E-state index in [4.69, 9.17) is 0 Å². The number of oxime groups is 1. The van der Waals surface area contributed by atoms with Crippen LogP contribution in [0, 0.1) is 10.1 Å². The van der Waals surface area contributed by atoms with Crippen molar-refractivity contribution in [3.63, 3.8) is 0 Å². The fourth-order valence-corrected chi connectivity index (χ4v) is 2.67. The largest absolute Gasteiger partial charge is 0.358 e. The summed E-state index contributed by atoms with van der Waals surface area (Å²) in [7, 11) is -4.22. The summed E-state index contributed by atoms with van der Waals surface area (Å²) in [6, 6.07) is 4.19. The molecular weight excluding hydrogens is 392 g/mol. The van der Waals surface area contributed by atoms with E-state index in [1.54, 1.807) is 6.92 Å². The Kier molecular flexibility index (Phi) is 4.76. The summed E-state index contributed by atoms with van der Waals surface area (Å²) in [6.07, 6.45) is 2.62. The number of nitro groups is 1. The molecule has 23 heavy (non-hydrogen) atoms. The lowest BCUT2D eigenvalue weighted by molar-refractivity contribution is -0.384. The summed E-state index contributed by atoms with van der Waals surface area (Å²) in [5.74, 6) is -0.264. The van der Waals surface area contributed by atoms with Crippen LogP contribution in [0.25, 0.3) is 0 Å². The summed E-state index contributed by atoms with van der Waals surface area (Å²) < 4.78 is 28.8. The van der Waals surface area contributed by atoms with Gasteiger partial charge in [-0.05, 0) is 52.7 Å². The summed E-state index contributed by atoms with van der Waals surface area (Å²) >= 11 is 3.03. The van der Waals surface area contributed by atoms with Crippen molar-refractivity contribution < 1.29 is 22.4 Å². The third-order valence-corrected chi connectivity index (χ3v) is 4.56. The number of non-ortho nitro benzene ring substituents is 1. The van der Waals surface area contributed by atoms with E-state index >= 15 is 0 Å². The minimum absolute atomic E-state index is 0.168. The fraction of sp³-hybridized carbons (Fsp3) is 0.0769. The number of hydrogen-bond donors (Lipinski definition) is 0. The fourth-order valence-electron chi connectivity index (χ4n) is 1.61. The summed E-state index contributed by atoms with van der Waals surface area (Å²) in [6.45, 7) is 1.58. The van der Waals surface area contributed by atoms with E-state index in [1.807, 2.05) is 0 Å². The quantitative estimate of drug-likeness (QED) is 0.435. The predicted octanol–water partition coefficient (Wildman–Crippen LogP) is 2.46. The molecule has 0 radical (unpaired) electrons. The Morgan fingerprint density at radius 1 is 1.22 bits per heavy atom. The Bertz CT molecular complexity index is 868. The van der Waals surface area contributed by atoms with Gasteiger partial charge in [0.25, 0.3) is 5.69 Å². The minimum atomic E-state index is -4.22. The highest BCUT2D eigenvalue weighted by atomic mass is 79.9. The Hall–Kier alpha value is -2.33. The zero-order valence-corrected chi connectivity index (χ0v) is 14.0. The lowest BCUT2D eigenvalue weighted by atomic mass is 10.1. The van der Waals surface area contributed by atoms with Gasteiger partial charge in [0.05, 0.1) is 9.41 Å². The molecule has 0 amide bonds. The van der Waals surface area contributed by atoms with Gasteiger partial charge in [-0.25, -0.2) is 0 Å². The van der Waals surface area contributed by atoms with Crippen LogP contribution >= 0.6 is 15.9 Å². The summed E-state index contributed by atoms with van der Waals surface area (Å²) in [5, 5.41) is 14.1. The molecule has 10 heteroatoms. The molecule has 0 N–H and O–H groups in total. The van der Waals surface area contributed by atoms with Crippen LogP contribution in [-0.2, 0) is 19.2 Å². The molecule has 1 aromatic carbocycles. The molecule has 1 aromatic rings. The van der Waals surface area contributed by atoms with Gasteiger partial charge in [-0.15, -0.1) is 0 Å². The Morgan fingerprint density at radius 2 is 1.83 bits per heavy atom. The normalized spacial score (nSPS) is 16.8. The van der Waals surface area contributed by atoms with Crippen molar-refractivity contribution >= 4 is 43.2 Å². The van der Waals surface area contributed by atoms with Gasteiger partial charge in [0.1, 0.15) is 10.6 Å². The van der Waals surface area contributed by atoms with Gasteiger partial charge < -0.3 is 0 Å². The molecule has 0 bridgehead atoms. The van der Waals surface area contributed by atoms with E-state index in [2.05, 4.69) is 25.4 Å². The molecule has 0 spiro atoms. The Labute approximate surface area is 139 Å². The van der Waals surface area contributed by atoms with E-state index in [0.717, 1.165) is 24.3 Å². The standard InChI is InChI=1S/C13H9BrN2O6S/c1-8-6-13(17)11(14)7-12(8)15-22-23(20,21)10-4-2-9(3-5-10)16(18)19/h2-7H,1H3. The number of carbonyl (C=O) groups is 1. The topological polar surface area (TPSA) is 116 Å². The molecule has 0 aliphatic heterocycles. The molecule has 1 aliphatic rings. The lowest BCUT2D eigenvalue weighted by Crippen LogP contribution is -2.11. The number of hydrogen-bond acceptors (Lipinski definition) is 7. The number of carbonyl (C=O) groups excluding carboxylic acids is 1. The Morgan fingerprint density at radius 3 is 2.39 bits per heavy atom. The first kappa shape index (κ1) is 17.0. The van der Waals surface area contributed by atoms with Crippen LogP contribution in [0.1, 0.15) is 6.92 Å². The second kappa shape index (κ2) is 6.42. The van der Waals surface area contributed by atoms with Crippen molar-refractivity contribution in [3.05, 3.63) is 56.6 Å². The molecule has 0 saturated carbocycles. The maximum atomic E-state index is 12.0.